The highest BCUT2D eigenvalue weighted by atomic mass is 16.2. The second kappa shape index (κ2) is 5.88. The Morgan fingerprint density at radius 3 is 2.39 bits per heavy atom. The molecule has 8 heteroatoms. The first-order valence-corrected chi connectivity index (χ1v) is 9.77. The summed E-state index contributed by atoms with van der Waals surface area (Å²) in [6, 6.07) is 4.75. The third-order valence-electron chi connectivity index (χ3n) is 6.63. The molecular formula is C20H22N4O4. The number of nitrogens with zero attached hydrogens (tertiary/aromatic N) is 2. The summed E-state index contributed by atoms with van der Waals surface area (Å²) >= 11 is 0. The first-order valence-electron chi connectivity index (χ1n) is 9.77. The lowest BCUT2D eigenvalue weighted by Gasteiger charge is -2.52. The number of rotatable bonds is 2. The smallest absolute Gasteiger partial charge is 0.262 e. The van der Waals surface area contributed by atoms with Crippen molar-refractivity contribution in [2.24, 2.45) is 5.73 Å². The van der Waals surface area contributed by atoms with Gasteiger partial charge in [-0.3, -0.25) is 29.4 Å². The molecule has 3 saturated heterocycles. The summed E-state index contributed by atoms with van der Waals surface area (Å²) in [6.45, 7) is 0.745. The molecule has 4 fully saturated rings. The number of anilines is 1. The lowest BCUT2D eigenvalue weighted by atomic mass is 9.74. The van der Waals surface area contributed by atoms with Gasteiger partial charge in [-0.2, -0.15) is 0 Å². The predicted octanol–water partition coefficient (Wildman–Crippen LogP) is 0.548. The van der Waals surface area contributed by atoms with Crippen molar-refractivity contribution in [2.75, 3.05) is 11.4 Å². The van der Waals surface area contributed by atoms with E-state index in [0.717, 1.165) is 42.8 Å². The molecule has 1 aromatic carbocycles. The summed E-state index contributed by atoms with van der Waals surface area (Å²) in [5.74, 6) is -1.92. The Morgan fingerprint density at radius 1 is 1.00 bits per heavy atom. The fourth-order valence-electron chi connectivity index (χ4n) is 5.06. The maximum absolute atomic E-state index is 13.0. The number of imide groups is 2. The molecule has 2 bridgehead atoms. The largest absolute Gasteiger partial charge is 0.367 e. The molecule has 4 amide bonds. The molecule has 1 unspecified atom stereocenters. The van der Waals surface area contributed by atoms with E-state index in [1.165, 1.54) is 0 Å². The van der Waals surface area contributed by atoms with Crippen molar-refractivity contribution in [2.45, 2.75) is 56.1 Å². The van der Waals surface area contributed by atoms with Gasteiger partial charge in [-0.15, -0.1) is 0 Å². The molecule has 0 radical (unpaired) electrons. The highest BCUT2D eigenvalue weighted by molar-refractivity contribution is 6.23. The van der Waals surface area contributed by atoms with Gasteiger partial charge in [0.15, 0.2) is 0 Å². The van der Waals surface area contributed by atoms with Gasteiger partial charge >= 0.3 is 0 Å². The van der Waals surface area contributed by atoms with Crippen LogP contribution >= 0.6 is 0 Å². The SMILES string of the molecule is NC12CCC(CC1)N(c1ccc3c(c1)C(=O)N(C1CCC(=O)NC1=O)C3=O)C2. The molecule has 146 valence electrons. The average molecular weight is 382 g/mol. The number of piperidine rings is 3. The molecule has 3 N–H and O–H groups in total. The van der Waals surface area contributed by atoms with Crippen LogP contribution in [0.3, 0.4) is 0 Å². The first kappa shape index (κ1) is 17.4. The van der Waals surface area contributed by atoms with Gasteiger partial charge < -0.3 is 10.6 Å². The maximum atomic E-state index is 13.0. The molecule has 1 saturated carbocycles. The summed E-state index contributed by atoms with van der Waals surface area (Å²) in [4.78, 5) is 52.6. The Labute approximate surface area is 162 Å². The molecule has 4 heterocycles. The maximum Gasteiger partial charge on any atom is 0.262 e. The Bertz CT molecular complexity index is 919. The number of benzene rings is 1. The van der Waals surface area contributed by atoms with Crippen molar-refractivity contribution in [3.05, 3.63) is 29.3 Å². The van der Waals surface area contributed by atoms with E-state index in [-0.39, 0.29) is 24.3 Å². The van der Waals surface area contributed by atoms with E-state index in [0.29, 0.717) is 17.2 Å². The van der Waals surface area contributed by atoms with E-state index in [1.54, 1.807) is 12.1 Å². The van der Waals surface area contributed by atoms with Gasteiger partial charge in [-0.25, -0.2) is 0 Å². The molecule has 1 atom stereocenters. The van der Waals surface area contributed by atoms with Crippen LogP contribution in [0.5, 0.6) is 0 Å². The van der Waals surface area contributed by atoms with Gasteiger partial charge in [0.05, 0.1) is 11.1 Å². The van der Waals surface area contributed by atoms with Crippen molar-refractivity contribution < 1.29 is 19.2 Å². The van der Waals surface area contributed by atoms with Crippen molar-refractivity contribution in [3.8, 4) is 0 Å². The van der Waals surface area contributed by atoms with Crippen LogP contribution < -0.4 is 16.0 Å². The van der Waals surface area contributed by atoms with Crippen molar-refractivity contribution in [1.29, 1.82) is 0 Å². The minimum atomic E-state index is -0.938. The molecule has 28 heavy (non-hydrogen) atoms. The number of carbonyl (C=O) groups excluding carboxylic acids is 4. The lowest BCUT2D eigenvalue weighted by Crippen LogP contribution is -2.62. The minimum absolute atomic E-state index is 0.114. The molecule has 1 aromatic rings. The summed E-state index contributed by atoms with van der Waals surface area (Å²) < 4.78 is 0. The number of hydrogen-bond donors (Lipinski definition) is 2. The van der Waals surface area contributed by atoms with E-state index in [2.05, 4.69) is 10.2 Å². The van der Waals surface area contributed by atoms with E-state index in [1.807, 2.05) is 6.07 Å². The number of nitrogens with one attached hydrogen (secondary N) is 1. The summed E-state index contributed by atoms with van der Waals surface area (Å²) in [6.07, 6.45) is 4.36. The van der Waals surface area contributed by atoms with Crippen LogP contribution in [0.25, 0.3) is 0 Å². The van der Waals surface area contributed by atoms with Crippen molar-refractivity contribution in [1.82, 2.24) is 10.2 Å². The standard InChI is InChI=1S/C20H22N4O4/c21-20-7-5-11(6-8-20)23(10-20)12-1-2-13-14(9-12)19(28)24(18(13)27)15-3-4-16(25)22-17(15)26/h1-2,9,11,15H,3-8,10,21H2,(H,22,25,26). The molecule has 1 aliphatic carbocycles. The third-order valence-corrected chi connectivity index (χ3v) is 6.63. The van der Waals surface area contributed by atoms with Crippen LogP contribution in [0.15, 0.2) is 18.2 Å². The van der Waals surface area contributed by atoms with Crippen molar-refractivity contribution >= 4 is 29.3 Å². The van der Waals surface area contributed by atoms with Crippen LogP contribution in [0.1, 0.15) is 59.2 Å². The fraction of sp³-hybridized carbons (Fsp3) is 0.500. The normalized spacial score (nSPS) is 32.0. The summed E-state index contributed by atoms with van der Waals surface area (Å²) in [7, 11) is 0. The summed E-state index contributed by atoms with van der Waals surface area (Å²) in [5.41, 5.74) is 7.82. The zero-order valence-corrected chi connectivity index (χ0v) is 15.4. The van der Waals surface area contributed by atoms with Gasteiger partial charge in [0.2, 0.25) is 11.8 Å². The number of hydrogen-bond acceptors (Lipinski definition) is 6. The fourth-order valence-corrected chi connectivity index (χ4v) is 5.06. The highest BCUT2D eigenvalue weighted by Gasteiger charge is 2.46. The van der Waals surface area contributed by atoms with Gasteiger partial charge in [0, 0.05) is 30.2 Å². The number of nitrogens with two attached hydrogens (primary N) is 1. The van der Waals surface area contributed by atoms with Crippen LogP contribution in [0, 0.1) is 0 Å². The second-order valence-corrected chi connectivity index (χ2v) is 8.40. The Kier molecular flexibility index (Phi) is 3.64. The van der Waals surface area contributed by atoms with Gasteiger partial charge in [-0.1, -0.05) is 0 Å². The van der Waals surface area contributed by atoms with Crippen LogP contribution in [-0.2, 0) is 9.59 Å². The molecule has 4 aliphatic heterocycles. The van der Waals surface area contributed by atoms with Gasteiger partial charge in [0.1, 0.15) is 6.04 Å². The minimum Gasteiger partial charge on any atom is -0.367 e. The third kappa shape index (κ3) is 2.47. The number of carbonyl (C=O) groups is 4. The zero-order valence-electron chi connectivity index (χ0n) is 15.4. The van der Waals surface area contributed by atoms with Gasteiger partial charge in [-0.05, 0) is 50.3 Å². The molecule has 8 nitrogen and oxygen atoms in total. The first-order chi connectivity index (χ1) is 13.4. The quantitative estimate of drug-likeness (QED) is 0.722. The van der Waals surface area contributed by atoms with Crippen LogP contribution in [0.4, 0.5) is 5.69 Å². The van der Waals surface area contributed by atoms with E-state index in [9.17, 15) is 19.2 Å². The van der Waals surface area contributed by atoms with E-state index >= 15 is 0 Å². The summed E-state index contributed by atoms with van der Waals surface area (Å²) in [5, 5.41) is 2.21. The van der Waals surface area contributed by atoms with E-state index in [4.69, 9.17) is 5.73 Å². The highest BCUT2D eigenvalue weighted by Crippen LogP contribution is 2.40. The zero-order chi connectivity index (χ0) is 19.6. The molecule has 6 rings (SSSR count). The number of amides is 4. The van der Waals surface area contributed by atoms with Gasteiger partial charge in [0.25, 0.3) is 11.8 Å². The topological polar surface area (TPSA) is 113 Å². The molecule has 0 spiro atoms. The van der Waals surface area contributed by atoms with Crippen molar-refractivity contribution in [3.63, 3.8) is 0 Å². The Balaban J connectivity index is 1.45. The predicted molar refractivity (Wildman–Crippen MR) is 99.6 cm³/mol. The number of fused-ring (bicyclic) bond motifs is 4. The van der Waals surface area contributed by atoms with E-state index < -0.39 is 23.8 Å². The second-order valence-electron chi connectivity index (χ2n) is 8.40. The lowest BCUT2D eigenvalue weighted by molar-refractivity contribution is -0.136. The average Bonchev–Trinajstić information content (AvgIpc) is 2.92. The molecule has 5 aliphatic rings. The van der Waals surface area contributed by atoms with Crippen LogP contribution in [0.2, 0.25) is 0 Å². The Morgan fingerprint density at radius 2 is 1.71 bits per heavy atom. The molecular weight excluding hydrogens is 360 g/mol. The Hall–Kier alpha value is -2.74. The molecule has 0 aromatic heterocycles. The van der Waals surface area contributed by atoms with Crippen LogP contribution in [-0.4, -0.2) is 52.7 Å². The monoisotopic (exact) mass is 382 g/mol.